The molecule has 0 saturated carbocycles. The van der Waals surface area contributed by atoms with Gasteiger partial charge in [0.25, 0.3) is 5.19 Å². The average molecular weight is 375 g/mol. The zero-order valence-corrected chi connectivity index (χ0v) is 16.6. The van der Waals surface area contributed by atoms with Gasteiger partial charge in [-0.2, -0.15) is 0 Å². The Labute approximate surface area is 159 Å². The molecular weight excluding hydrogens is 348 g/mol. The smallest absolute Gasteiger partial charge is 0.273 e. The van der Waals surface area contributed by atoms with Crippen LogP contribution in [0.1, 0.15) is 35.7 Å². The predicted molar refractivity (Wildman–Crippen MR) is 107 cm³/mol. The molecule has 0 saturated heterocycles. The van der Waals surface area contributed by atoms with Gasteiger partial charge in [-0.05, 0) is 62.4 Å². The molecule has 0 aliphatic carbocycles. The van der Waals surface area contributed by atoms with Crippen molar-refractivity contribution in [3.05, 3.63) is 52.0 Å². The number of oxime groups is 1. The van der Waals surface area contributed by atoms with E-state index in [1.54, 1.807) is 6.21 Å². The zero-order chi connectivity index (χ0) is 18.8. The fourth-order valence-electron chi connectivity index (χ4n) is 2.58. The van der Waals surface area contributed by atoms with E-state index in [9.17, 15) is 0 Å². The molecular formula is C20H26N2O3S. The van der Waals surface area contributed by atoms with Gasteiger partial charge in [-0.25, -0.2) is 4.98 Å². The molecule has 0 fully saturated rings. The number of thiazole rings is 1. The molecule has 0 unspecified atom stereocenters. The first kappa shape index (κ1) is 20.0. The number of rotatable bonds is 10. The van der Waals surface area contributed by atoms with Gasteiger partial charge >= 0.3 is 0 Å². The highest BCUT2D eigenvalue weighted by Crippen LogP contribution is 2.23. The van der Waals surface area contributed by atoms with Crippen molar-refractivity contribution in [1.82, 2.24) is 4.98 Å². The summed E-state index contributed by atoms with van der Waals surface area (Å²) >= 11 is 1.46. The molecule has 0 aliphatic heterocycles. The molecule has 0 aliphatic rings. The second kappa shape index (κ2) is 10.6. The lowest BCUT2D eigenvalue weighted by Crippen LogP contribution is -2.03. The summed E-state index contributed by atoms with van der Waals surface area (Å²) in [4.78, 5) is 8.96. The molecule has 2 aromatic rings. The van der Waals surface area contributed by atoms with Gasteiger partial charge in [0.1, 0.15) is 19.5 Å². The predicted octanol–water partition coefficient (Wildman–Crippen LogP) is 4.71. The molecule has 0 bridgehead atoms. The van der Waals surface area contributed by atoms with Crippen molar-refractivity contribution in [1.29, 1.82) is 0 Å². The van der Waals surface area contributed by atoms with Crippen molar-refractivity contribution in [2.45, 2.75) is 33.6 Å². The van der Waals surface area contributed by atoms with E-state index >= 15 is 0 Å². The maximum Gasteiger partial charge on any atom is 0.273 e. The summed E-state index contributed by atoms with van der Waals surface area (Å²) in [5.41, 5.74) is 4.62. The van der Waals surface area contributed by atoms with Crippen LogP contribution in [0.5, 0.6) is 10.9 Å². The summed E-state index contributed by atoms with van der Waals surface area (Å²) in [6.07, 6.45) is 7.46. The van der Waals surface area contributed by atoms with Crippen LogP contribution in [0, 0.1) is 13.8 Å². The molecule has 0 radical (unpaired) electrons. The number of nitrogens with zero attached hydrogens (tertiary/aromatic N) is 2. The molecule has 1 aromatic carbocycles. The first-order valence-electron chi connectivity index (χ1n) is 8.63. The fourth-order valence-corrected chi connectivity index (χ4v) is 3.23. The minimum absolute atomic E-state index is 0.605. The van der Waals surface area contributed by atoms with Gasteiger partial charge < -0.3 is 14.3 Å². The van der Waals surface area contributed by atoms with Crippen LogP contribution in [0.4, 0.5) is 0 Å². The molecule has 0 N–H and O–H groups in total. The van der Waals surface area contributed by atoms with E-state index in [0.29, 0.717) is 18.4 Å². The topological polar surface area (TPSA) is 52.9 Å². The highest BCUT2D eigenvalue weighted by atomic mass is 32.1. The van der Waals surface area contributed by atoms with E-state index in [2.05, 4.69) is 41.0 Å². The van der Waals surface area contributed by atoms with E-state index in [1.807, 2.05) is 24.5 Å². The third kappa shape index (κ3) is 6.19. The number of benzene rings is 1. The van der Waals surface area contributed by atoms with Crippen molar-refractivity contribution < 1.29 is 14.3 Å². The summed E-state index contributed by atoms with van der Waals surface area (Å²) < 4.78 is 11.5. The van der Waals surface area contributed by atoms with Crippen molar-refractivity contribution in [2.24, 2.45) is 5.16 Å². The molecule has 0 atom stereocenters. The highest BCUT2D eigenvalue weighted by Gasteiger charge is 2.07. The number of hydrogen-bond acceptors (Lipinski definition) is 6. The number of aromatic nitrogens is 1. The Kier molecular flexibility index (Phi) is 8.15. The average Bonchev–Trinajstić information content (AvgIpc) is 3.06. The minimum atomic E-state index is 0.605. The lowest BCUT2D eigenvalue weighted by atomic mass is 9.98. The summed E-state index contributed by atoms with van der Waals surface area (Å²) in [7, 11) is 1.51. The quantitative estimate of drug-likeness (QED) is 0.262. The third-order valence-corrected chi connectivity index (χ3v) is 4.61. The molecule has 26 heavy (non-hydrogen) atoms. The van der Waals surface area contributed by atoms with Crippen LogP contribution in [-0.4, -0.2) is 31.5 Å². The first-order chi connectivity index (χ1) is 12.6. The summed E-state index contributed by atoms with van der Waals surface area (Å²) in [5, 5.41) is 6.23. The maximum atomic E-state index is 5.74. The monoisotopic (exact) mass is 374 g/mol. The van der Waals surface area contributed by atoms with E-state index in [-0.39, 0.29) is 0 Å². The van der Waals surface area contributed by atoms with Gasteiger partial charge in [-0.3, -0.25) is 0 Å². The van der Waals surface area contributed by atoms with E-state index in [4.69, 9.17) is 9.47 Å². The van der Waals surface area contributed by atoms with Gasteiger partial charge in [-0.1, -0.05) is 28.6 Å². The molecule has 2 rings (SSSR count). The zero-order valence-electron chi connectivity index (χ0n) is 15.8. The van der Waals surface area contributed by atoms with E-state index in [1.165, 1.54) is 35.1 Å². The Morgan fingerprint density at radius 1 is 1.19 bits per heavy atom. The molecule has 0 amide bonds. The number of hydrogen-bond donors (Lipinski definition) is 0. The molecule has 0 spiro atoms. The van der Waals surface area contributed by atoms with Crippen LogP contribution < -0.4 is 9.47 Å². The lowest BCUT2D eigenvalue weighted by molar-refractivity contribution is 0.215. The van der Waals surface area contributed by atoms with Crippen molar-refractivity contribution in [3.63, 3.8) is 0 Å². The Morgan fingerprint density at radius 3 is 2.65 bits per heavy atom. The Bertz CT molecular complexity index is 730. The van der Waals surface area contributed by atoms with Crippen LogP contribution in [-0.2, 0) is 11.3 Å². The SMILES string of the molecule is C/C=C/COc1cc(C)c(CCCOc2nc(/C=N/OC)cs2)c(C)c1. The molecule has 6 heteroatoms. The van der Waals surface area contributed by atoms with Crippen molar-refractivity contribution >= 4 is 17.6 Å². The first-order valence-corrected chi connectivity index (χ1v) is 9.51. The van der Waals surface area contributed by atoms with Crippen LogP contribution in [0.3, 0.4) is 0 Å². The largest absolute Gasteiger partial charge is 0.490 e. The lowest BCUT2D eigenvalue weighted by Gasteiger charge is -2.13. The van der Waals surface area contributed by atoms with E-state index < -0.39 is 0 Å². The number of allylic oxidation sites excluding steroid dienone is 1. The van der Waals surface area contributed by atoms with Crippen LogP contribution in [0.2, 0.25) is 0 Å². The third-order valence-electron chi connectivity index (χ3n) is 3.84. The molecule has 5 nitrogen and oxygen atoms in total. The minimum Gasteiger partial charge on any atom is -0.490 e. The van der Waals surface area contributed by atoms with Gasteiger partial charge in [0.2, 0.25) is 0 Å². The highest BCUT2D eigenvalue weighted by molar-refractivity contribution is 7.11. The molecule has 1 aromatic heterocycles. The Hall–Kier alpha value is -2.34. The van der Waals surface area contributed by atoms with Crippen LogP contribution in [0.25, 0.3) is 0 Å². The Balaban J connectivity index is 1.83. The fraction of sp³-hybridized carbons (Fsp3) is 0.400. The second-order valence-electron chi connectivity index (χ2n) is 5.82. The Morgan fingerprint density at radius 2 is 1.96 bits per heavy atom. The number of aryl methyl sites for hydroxylation is 2. The standard InChI is InChI=1S/C20H26N2O3S/c1-5-6-9-24-18-11-15(2)19(16(3)12-18)8-7-10-25-20-22-17(14-26-20)13-21-23-4/h5-6,11-14H,7-10H2,1-4H3/b6-5+,21-13+. The van der Waals surface area contributed by atoms with Gasteiger partial charge in [0.05, 0.1) is 18.5 Å². The van der Waals surface area contributed by atoms with Crippen molar-refractivity contribution in [3.8, 4) is 10.9 Å². The van der Waals surface area contributed by atoms with Gasteiger partial charge in [0.15, 0.2) is 0 Å². The molecule has 140 valence electrons. The summed E-state index contributed by atoms with van der Waals surface area (Å²) in [5.74, 6) is 0.922. The second-order valence-corrected chi connectivity index (χ2v) is 6.64. The van der Waals surface area contributed by atoms with Crippen LogP contribution in [0.15, 0.2) is 34.8 Å². The summed E-state index contributed by atoms with van der Waals surface area (Å²) in [6.45, 7) is 7.49. The number of ether oxygens (including phenoxy) is 2. The van der Waals surface area contributed by atoms with Gasteiger partial charge in [0, 0.05) is 5.38 Å². The normalized spacial score (nSPS) is 11.4. The van der Waals surface area contributed by atoms with Crippen LogP contribution >= 0.6 is 11.3 Å². The summed E-state index contributed by atoms with van der Waals surface area (Å²) in [6, 6.07) is 4.21. The molecule has 1 heterocycles. The maximum absolute atomic E-state index is 5.74. The van der Waals surface area contributed by atoms with Crippen molar-refractivity contribution in [2.75, 3.05) is 20.3 Å². The van der Waals surface area contributed by atoms with Gasteiger partial charge in [-0.15, -0.1) is 0 Å². The van der Waals surface area contributed by atoms with E-state index in [0.717, 1.165) is 24.3 Å².